The Balaban J connectivity index is 2.93. The topological polar surface area (TPSA) is 71.1 Å². The molecule has 0 fully saturated rings. The van der Waals surface area contributed by atoms with Crippen molar-refractivity contribution >= 4 is 11.9 Å². The molecule has 0 saturated heterocycles. The molecular formula is C18H26O6. The van der Waals surface area contributed by atoms with Gasteiger partial charge in [-0.1, -0.05) is 11.6 Å². The van der Waals surface area contributed by atoms with Gasteiger partial charge in [0.25, 0.3) is 0 Å². The van der Waals surface area contributed by atoms with E-state index in [0.717, 1.165) is 5.56 Å². The van der Waals surface area contributed by atoms with Crippen molar-refractivity contribution in [2.45, 2.75) is 33.8 Å². The maximum Gasteiger partial charge on any atom is 0.339 e. The van der Waals surface area contributed by atoms with Gasteiger partial charge in [-0.15, -0.1) is 0 Å². The largest absolute Gasteiger partial charge is 0.462 e. The van der Waals surface area contributed by atoms with Gasteiger partial charge in [-0.3, -0.25) is 0 Å². The van der Waals surface area contributed by atoms with E-state index in [1.807, 2.05) is 20.8 Å². The smallest absolute Gasteiger partial charge is 0.339 e. The van der Waals surface area contributed by atoms with Gasteiger partial charge in [0.2, 0.25) is 0 Å². The average molecular weight is 338 g/mol. The molecular weight excluding hydrogens is 312 g/mol. The molecule has 1 rings (SSSR count). The fourth-order valence-corrected chi connectivity index (χ4v) is 2.04. The zero-order valence-electron chi connectivity index (χ0n) is 14.8. The minimum Gasteiger partial charge on any atom is -0.462 e. The molecule has 0 N–H and O–H groups in total. The normalized spacial score (nSPS) is 10.7. The number of benzene rings is 1. The SMILES string of the molecule is CCOCC(COCC)OC(=O)c1ccc(C)cc1C(=O)OCC. The van der Waals surface area contributed by atoms with Gasteiger partial charge in [0.05, 0.1) is 30.9 Å². The Morgan fingerprint density at radius 1 is 0.917 bits per heavy atom. The molecule has 0 unspecified atom stereocenters. The van der Waals surface area contributed by atoms with Gasteiger partial charge in [0.1, 0.15) is 6.10 Å². The van der Waals surface area contributed by atoms with Gasteiger partial charge in [-0.2, -0.15) is 0 Å². The molecule has 24 heavy (non-hydrogen) atoms. The van der Waals surface area contributed by atoms with Crippen molar-refractivity contribution in [3.05, 3.63) is 34.9 Å². The van der Waals surface area contributed by atoms with E-state index in [4.69, 9.17) is 18.9 Å². The third-order valence-corrected chi connectivity index (χ3v) is 3.18. The standard InChI is InChI=1S/C18H26O6/c1-5-21-11-14(12-22-6-2)24-18(20)15-9-8-13(4)10-16(15)17(19)23-7-3/h8-10,14H,5-7,11-12H2,1-4H3. The molecule has 0 spiro atoms. The van der Waals surface area contributed by atoms with Crippen molar-refractivity contribution in [3.8, 4) is 0 Å². The summed E-state index contributed by atoms with van der Waals surface area (Å²) in [6.07, 6.45) is -0.534. The summed E-state index contributed by atoms with van der Waals surface area (Å²) < 4.78 is 21.1. The highest BCUT2D eigenvalue weighted by molar-refractivity contribution is 6.03. The van der Waals surface area contributed by atoms with E-state index in [1.165, 1.54) is 0 Å². The lowest BCUT2D eigenvalue weighted by atomic mass is 10.0. The van der Waals surface area contributed by atoms with Gasteiger partial charge in [0.15, 0.2) is 0 Å². The Kier molecular flexibility index (Phi) is 9.04. The Hall–Kier alpha value is -1.92. The van der Waals surface area contributed by atoms with Crippen LogP contribution in [0.5, 0.6) is 0 Å². The van der Waals surface area contributed by atoms with Gasteiger partial charge in [-0.05, 0) is 39.8 Å². The number of hydrogen-bond donors (Lipinski definition) is 0. The maximum absolute atomic E-state index is 12.5. The predicted octanol–water partition coefficient (Wildman–Crippen LogP) is 2.77. The fourth-order valence-electron chi connectivity index (χ4n) is 2.04. The lowest BCUT2D eigenvalue weighted by Gasteiger charge is -2.18. The first-order chi connectivity index (χ1) is 11.5. The molecule has 1 aromatic carbocycles. The highest BCUT2D eigenvalue weighted by atomic mass is 16.6. The van der Waals surface area contributed by atoms with E-state index in [0.29, 0.717) is 13.2 Å². The van der Waals surface area contributed by atoms with E-state index >= 15 is 0 Å². The summed E-state index contributed by atoms with van der Waals surface area (Å²) in [6, 6.07) is 4.94. The molecule has 0 aliphatic carbocycles. The van der Waals surface area contributed by atoms with Gasteiger partial charge in [0, 0.05) is 13.2 Å². The first kappa shape index (κ1) is 20.1. The van der Waals surface area contributed by atoms with Crippen molar-refractivity contribution in [2.75, 3.05) is 33.0 Å². The van der Waals surface area contributed by atoms with Crippen LogP contribution in [-0.2, 0) is 18.9 Å². The monoisotopic (exact) mass is 338 g/mol. The second-order valence-electron chi connectivity index (χ2n) is 5.12. The molecule has 6 nitrogen and oxygen atoms in total. The summed E-state index contributed by atoms with van der Waals surface area (Å²) in [5.74, 6) is -1.14. The van der Waals surface area contributed by atoms with Crippen LogP contribution in [0.1, 0.15) is 47.1 Å². The number of aryl methyl sites for hydroxylation is 1. The molecule has 6 heteroatoms. The van der Waals surface area contributed by atoms with Crippen LogP contribution in [0.2, 0.25) is 0 Å². The third kappa shape index (κ3) is 6.29. The minimum atomic E-state index is -0.595. The first-order valence-electron chi connectivity index (χ1n) is 8.17. The summed E-state index contributed by atoms with van der Waals surface area (Å²) in [5.41, 5.74) is 1.24. The fraction of sp³-hybridized carbons (Fsp3) is 0.556. The lowest BCUT2D eigenvalue weighted by molar-refractivity contribution is -0.0364. The van der Waals surface area contributed by atoms with Gasteiger partial charge >= 0.3 is 11.9 Å². The van der Waals surface area contributed by atoms with Crippen LogP contribution in [0.3, 0.4) is 0 Å². The van der Waals surface area contributed by atoms with Crippen molar-refractivity contribution < 1.29 is 28.5 Å². The molecule has 0 aromatic heterocycles. The minimum absolute atomic E-state index is 0.178. The van der Waals surface area contributed by atoms with Gasteiger partial charge < -0.3 is 18.9 Å². The summed E-state index contributed by atoms with van der Waals surface area (Å²) >= 11 is 0. The second kappa shape index (κ2) is 10.8. The lowest BCUT2D eigenvalue weighted by Crippen LogP contribution is -2.29. The van der Waals surface area contributed by atoms with E-state index in [-0.39, 0.29) is 30.9 Å². The van der Waals surface area contributed by atoms with Crippen LogP contribution in [0.25, 0.3) is 0 Å². The summed E-state index contributed by atoms with van der Waals surface area (Å²) in [5, 5.41) is 0. The van der Waals surface area contributed by atoms with E-state index in [9.17, 15) is 9.59 Å². The quantitative estimate of drug-likeness (QED) is 0.611. The predicted molar refractivity (Wildman–Crippen MR) is 89.3 cm³/mol. The highest BCUT2D eigenvalue weighted by Gasteiger charge is 2.22. The zero-order valence-corrected chi connectivity index (χ0v) is 14.8. The summed E-state index contributed by atoms with van der Waals surface area (Å²) in [4.78, 5) is 24.6. The van der Waals surface area contributed by atoms with E-state index in [2.05, 4.69) is 0 Å². The van der Waals surface area contributed by atoms with Crippen molar-refractivity contribution in [1.82, 2.24) is 0 Å². The molecule has 0 atom stereocenters. The Labute approximate surface area is 143 Å². The Morgan fingerprint density at radius 2 is 1.54 bits per heavy atom. The third-order valence-electron chi connectivity index (χ3n) is 3.18. The second-order valence-corrected chi connectivity index (χ2v) is 5.12. The molecule has 0 saturated carbocycles. The summed E-state index contributed by atoms with van der Waals surface area (Å²) in [7, 11) is 0. The number of esters is 2. The van der Waals surface area contributed by atoms with Crippen molar-refractivity contribution in [2.24, 2.45) is 0 Å². The maximum atomic E-state index is 12.5. The van der Waals surface area contributed by atoms with Crippen LogP contribution in [0.15, 0.2) is 18.2 Å². The molecule has 0 radical (unpaired) electrons. The number of hydrogen-bond acceptors (Lipinski definition) is 6. The van der Waals surface area contributed by atoms with Crippen molar-refractivity contribution in [3.63, 3.8) is 0 Å². The molecule has 134 valence electrons. The van der Waals surface area contributed by atoms with Crippen molar-refractivity contribution in [1.29, 1.82) is 0 Å². The Morgan fingerprint density at radius 3 is 2.08 bits per heavy atom. The number of ether oxygens (including phenoxy) is 4. The van der Waals surface area contributed by atoms with Crippen LogP contribution < -0.4 is 0 Å². The summed E-state index contributed by atoms with van der Waals surface area (Å²) in [6.45, 7) is 9.01. The molecule has 1 aromatic rings. The zero-order chi connectivity index (χ0) is 17.9. The molecule has 0 heterocycles. The number of rotatable bonds is 10. The molecule has 0 aliphatic rings. The van der Waals surface area contributed by atoms with Crippen LogP contribution in [0.4, 0.5) is 0 Å². The van der Waals surface area contributed by atoms with Gasteiger partial charge in [-0.25, -0.2) is 9.59 Å². The van der Waals surface area contributed by atoms with Crippen LogP contribution >= 0.6 is 0 Å². The Bertz CT molecular complexity index is 532. The number of carbonyl (C=O) groups excluding carboxylic acids is 2. The average Bonchev–Trinajstić information content (AvgIpc) is 2.57. The van der Waals surface area contributed by atoms with E-state index in [1.54, 1.807) is 25.1 Å². The molecule has 0 amide bonds. The van der Waals surface area contributed by atoms with Crippen LogP contribution in [0, 0.1) is 6.92 Å². The van der Waals surface area contributed by atoms with Crippen LogP contribution in [-0.4, -0.2) is 51.1 Å². The number of carbonyl (C=O) groups is 2. The molecule has 0 aliphatic heterocycles. The van der Waals surface area contributed by atoms with E-state index < -0.39 is 18.0 Å². The molecule has 0 bridgehead atoms. The first-order valence-corrected chi connectivity index (χ1v) is 8.17. The highest BCUT2D eigenvalue weighted by Crippen LogP contribution is 2.16.